The summed E-state index contributed by atoms with van der Waals surface area (Å²) in [5, 5.41) is 3.00. The summed E-state index contributed by atoms with van der Waals surface area (Å²) in [6.07, 6.45) is 2.39. The van der Waals surface area contributed by atoms with Crippen LogP contribution in [0.5, 0.6) is 0 Å². The van der Waals surface area contributed by atoms with E-state index in [0.717, 1.165) is 0 Å². The van der Waals surface area contributed by atoms with Gasteiger partial charge in [0.15, 0.2) is 5.76 Å². The molecule has 2 rings (SSSR count). The second-order valence-electron chi connectivity index (χ2n) is 4.92. The van der Waals surface area contributed by atoms with Gasteiger partial charge in [0.2, 0.25) is 0 Å². The molecule has 1 aliphatic carbocycles. The Morgan fingerprint density at radius 3 is 2.75 bits per heavy atom. The fourth-order valence-electron chi connectivity index (χ4n) is 1.87. The Morgan fingerprint density at radius 2 is 2.25 bits per heavy atom. The summed E-state index contributed by atoms with van der Waals surface area (Å²) >= 11 is 0. The van der Waals surface area contributed by atoms with Crippen LogP contribution in [-0.2, 0) is 6.54 Å². The second kappa shape index (κ2) is 3.94. The molecule has 88 valence electrons. The van der Waals surface area contributed by atoms with Crippen molar-refractivity contribution in [2.75, 3.05) is 0 Å². The quantitative estimate of drug-likeness (QED) is 0.814. The fraction of sp³-hybridized carbons (Fsp3) is 0.583. The molecule has 0 radical (unpaired) electrons. The summed E-state index contributed by atoms with van der Waals surface area (Å²) in [5.41, 5.74) is 5.28. The van der Waals surface area contributed by atoms with Crippen LogP contribution in [0.3, 0.4) is 0 Å². The fourth-order valence-corrected chi connectivity index (χ4v) is 1.87. The van der Waals surface area contributed by atoms with Crippen LogP contribution in [-0.4, -0.2) is 11.4 Å². The zero-order chi connectivity index (χ0) is 11.8. The van der Waals surface area contributed by atoms with E-state index in [1.807, 2.05) is 0 Å². The van der Waals surface area contributed by atoms with Crippen molar-refractivity contribution in [3.05, 3.63) is 23.7 Å². The van der Waals surface area contributed by atoms with Crippen LogP contribution in [0.2, 0.25) is 0 Å². The smallest absolute Gasteiger partial charge is 0.287 e. The zero-order valence-corrected chi connectivity index (χ0v) is 9.75. The van der Waals surface area contributed by atoms with Crippen molar-refractivity contribution < 1.29 is 9.21 Å². The molecule has 1 aromatic heterocycles. The maximum absolute atomic E-state index is 11.9. The molecule has 16 heavy (non-hydrogen) atoms. The number of hydrogen-bond acceptors (Lipinski definition) is 3. The number of carbonyl (C=O) groups is 1. The average Bonchev–Trinajstić information content (AvgIpc) is 2.97. The number of furan rings is 1. The van der Waals surface area contributed by atoms with Crippen molar-refractivity contribution in [1.82, 2.24) is 5.32 Å². The average molecular weight is 222 g/mol. The minimum Gasteiger partial charge on any atom is -0.455 e. The van der Waals surface area contributed by atoms with Gasteiger partial charge in [-0.3, -0.25) is 4.79 Å². The Morgan fingerprint density at radius 1 is 1.56 bits per heavy atom. The molecule has 0 spiro atoms. The number of hydrogen-bond donors (Lipinski definition) is 2. The van der Waals surface area contributed by atoms with E-state index in [4.69, 9.17) is 10.2 Å². The van der Waals surface area contributed by atoms with E-state index in [2.05, 4.69) is 19.2 Å². The first kappa shape index (κ1) is 11.2. The first-order valence-corrected chi connectivity index (χ1v) is 5.64. The molecule has 3 N–H and O–H groups in total. The van der Waals surface area contributed by atoms with Crippen LogP contribution >= 0.6 is 0 Å². The van der Waals surface area contributed by atoms with Crippen LogP contribution in [0.15, 0.2) is 16.5 Å². The van der Waals surface area contributed by atoms with Crippen LogP contribution in [0, 0.1) is 5.92 Å². The predicted octanol–water partition coefficient (Wildman–Crippen LogP) is 1.66. The van der Waals surface area contributed by atoms with Crippen LogP contribution in [0.4, 0.5) is 0 Å². The lowest BCUT2D eigenvalue weighted by Crippen LogP contribution is -2.45. The molecule has 1 fully saturated rings. The molecule has 1 saturated carbocycles. The van der Waals surface area contributed by atoms with Crippen molar-refractivity contribution in [2.45, 2.75) is 38.8 Å². The second-order valence-corrected chi connectivity index (χ2v) is 4.92. The Balaban J connectivity index is 2.02. The van der Waals surface area contributed by atoms with Crippen LogP contribution in [0.25, 0.3) is 0 Å². The molecule has 0 aliphatic heterocycles. The van der Waals surface area contributed by atoms with Gasteiger partial charge in [-0.25, -0.2) is 0 Å². The molecule has 0 unspecified atom stereocenters. The number of amides is 1. The Kier molecular flexibility index (Phi) is 2.76. The summed E-state index contributed by atoms with van der Waals surface area (Å²) in [4.78, 5) is 11.9. The summed E-state index contributed by atoms with van der Waals surface area (Å²) in [6.45, 7) is 4.42. The van der Waals surface area contributed by atoms with Gasteiger partial charge in [0.05, 0.1) is 6.54 Å². The van der Waals surface area contributed by atoms with Gasteiger partial charge in [-0.15, -0.1) is 0 Å². The normalized spacial score (nSPS) is 16.2. The molecule has 4 nitrogen and oxygen atoms in total. The highest BCUT2D eigenvalue weighted by Gasteiger charge is 2.39. The highest BCUT2D eigenvalue weighted by molar-refractivity contribution is 5.92. The zero-order valence-electron chi connectivity index (χ0n) is 9.75. The summed E-state index contributed by atoms with van der Waals surface area (Å²) in [6, 6.07) is 3.40. The van der Waals surface area contributed by atoms with E-state index in [-0.39, 0.29) is 11.4 Å². The van der Waals surface area contributed by atoms with E-state index in [0.29, 0.717) is 24.0 Å². The molecular formula is C12H18N2O2. The van der Waals surface area contributed by atoms with Gasteiger partial charge in [0, 0.05) is 5.54 Å². The van der Waals surface area contributed by atoms with Crippen molar-refractivity contribution in [2.24, 2.45) is 11.7 Å². The van der Waals surface area contributed by atoms with Gasteiger partial charge < -0.3 is 15.5 Å². The van der Waals surface area contributed by atoms with E-state index in [9.17, 15) is 4.79 Å². The third kappa shape index (κ3) is 2.27. The molecule has 0 aromatic carbocycles. The van der Waals surface area contributed by atoms with Gasteiger partial charge in [-0.2, -0.15) is 0 Å². The first-order chi connectivity index (χ1) is 7.53. The van der Waals surface area contributed by atoms with Crippen LogP contribution in [0.1, 0.15) is 43.0 Å². The highest BCUT2D eigenvalue weighted by Crippen LogP contribution is 2.39. The van der Waals surface area contributed by atoms with Crippen molar-refractivity contribution in [1.29, 1.82) is 0 Å². The number of nitrogens with one attached hydrogen (secondary N) is 1. The lowest BCUT2D eigenvalue weighted by atomic mass is 9.99. The van der Waals surface area contributed by atoms with E-state index >= 15 is 0 Å². The van der Waals surface area contributed by atoms with Crippen LogP contribution < -0.4 is 11.1 Å². The molecule has 4 heteroatoms. The van der Waals surface area contributed by atoms with Gasteiger partial charge in [0.1, 0.15) is 5.76 Å². The van der Waals surface area contributed by atoms with Crippen molar-refractivity contribution in [3.63, 3.8) is 0 Å². The number of nitrogens with two attached hydrogens (primary N) is 1. The van der Waals surface area contributed by atoms with Gasteiger partial charge in [-0.1, -0.05) is 0 Å². The topological polar surface area (TPSA) is 68.3 Å². The summed E-state index contributed by atoms with van der Waals surface area (Å²) in [5.74, 6) is 1.42. The molecule has 1 aliphatic rings. The van der Waals surface area contributed by atoms with Crippen molar-refractivity contribution >= 4 is 5.91 Å². The lowest BCUT2D eigenvalue weighted by molar-refractivity contribution is 0.0873. The van der Waals surface area contributed by atoms with E-state index in [1.165, 1.54) is 12.8 Å². The van der Waals surface area contributed by atoms with Crippen molar-refractivity contribution in [3.8, 4) is 0 Å². The van der Waals surface area contributed by atoms with Gasteiger partial charge >= 0.3 is 0 Å². The molecule has 1 aromatic rings. The minimum atomic E-state index is -0.156. The highest BCUT2D eigenvalue weighted by atomic mass is 16.4. The third-order valence-corrected chi connectivity index (χ3v) is 3.12. The predicted molar refractivity (Wildman–Crippen MR) is 60.9 cm³/mol. The first-order valence-electron chi connectivity index (χ1n) is 5.64. The Hall–Kier alpha value is -1.29. The molecule has 1 heterocycles. The van der Waals surface area contributed by atoms with Gasteiger partial charge in [0.25, 0.3) is 5.91 Å². The molecular weight excluding hydrogens is 204 g/mol. The Labute approximate surface area is 95.2 Å². The Bertz CT molecular complexity index is 391. The van der Waals surface area contributed by atoms with E-state index < -0.39 is 0 Å². The molecule has 0 saturated heterocycles. The third-order valence-electron chi connectivity index (χ3n) is 3.12. The largest absolute Gasteiger partial charge is 0.455 e. The maximum Gasteiger partial charge on any atom is 0.287 e. The monoisotopic (exact) mass is 222 g/mol. The number of rotatable bonds is 4. The molecule has 0 atom stereocenters. The standard InChI is InChI=1S/C12H18N2O2/c1-12(2,8-3-4-8)14-11(15)10-6-5-9(7-13)16-10/h5-6,8H,3-4,7,13H2,1-2H3,(H,14,15). The molecule has 0 bridgehead atoms. The summed E-state index contributed by atoms with van der Waals surface area (Å²) in [7, 11) is 0. The SMILES string of the molecule is CC(C)(NC(=O)c1ccc(CN)o1)C1CC1. The van der Waals surface area contributed by atoms with E-state index in [1.54, 1.807) is 12.1 Å². The van der Waals surface area contributed by atoms with Gasteiger partial charge in [-0.05, 0) is 44.7 Å². The minimum absolute atomic E-state index is 0.146. The molecule has 1 amide bonds. The lowest BCUT2D eigenvalue weighted by Gasteiger charge is -2.25. The summed E-state index contributed by atoms with van der Waals surface area (Å²) < 4.78 is 5.30. The number of carbonyl (C=O) groups excluding carboxylic acids is 1. The maximum atomic E-state index is 11.9.